The number of benzene rings is 2. The Balaban J connectivity index is 2.09. The lowest BCUT2D eigenvalue weighted by Gasteiger charge is -2.25. The van der Waals surface area contributed by atoms with Crippen LogP contribution in [0.15, 0.2) is 30.3 Å². The molecule has 0 fully saturated rings. The lowest BCUT2D eigenvalue weighted by atomic mass is 10.1. The zero-order valence-corrected chi connectivity index (χ0v) is 20.3. The average molecular weight is 482 g/mol. The van der Waals surface area contributed by atoms with Crippen LogP contribution >= 0.6 is 34.5 Å². The van der Waals surface area contributed by atoms with Crippen molar-refractivity contribution < 1.29 is 14.3 Å². The predicted octanol–water partition coefficient (Wildman–Crippen LogP) is 5.61. The number of hydrogen-bond acceptors (Lipinski definition) is 6. The summed E-state index contributed by atoms with van der Waals surface area (Å²) in [6.45, 7) is 7.12. The Hall–Kier alpha value is -2.06. The van der Waals surface area contributed by atoms with E-state index in [-0.39, 0.29) is 5.91 Å². The van der Waals surface area contributed by atoms with E-state index >= 15 is 0 Å². The Kier molecular flexibility index (Phi) is 8.00. The highest BCUT2D eigenvalue weighted by Gasteiger charge is 2.26. The molecule has 1 amide bonds. The first-order chi connectivity index (χ1) is 14.9. The van der Waals surface area contributed by atoms with Crippen molar-refractivity contribution in [1.29, 1.82) is 0 Å². The fourth-order valence-electron chi connectivity index (χ4n) is 3.28. The zero-order valence-electron chi connectivity index (χ0n) is 17.9. The molecular weight excluding hydrogens is 457 g/mol. The van der Waals surface area contributed by atoms with E-state index in [1.54, 1.807) is 42.3 Å². The molecular formula is C22H25Cl2N3O3S. The summed E-state index contributed by atoms with van der Waals surface area (Å²) in [5, 5.41) is 1.57. The fraction of sp³-hybridized carbons (Fsp3) is 0.364. The third kappa shape index (κ3) is 5.06. The summed E-state index contributed by atoms with van der Waals surface area (Å²) in [5.74, 6) is 0.831. The third-order valence-corrected chi connectivity index (χ3v) is 6.84. The van der Waals surface area contributed by atoms with Crippen molar-refractivity contribution in [2.24, 2.45) is 0 Å². The molecule has 0 spiro atoms. The molecule has 0 aliphatic heterocycles. The van der Waals surface area contributed by atoms with E-state index in [4.69, 9.17) is 37.7 Å². The molecule has 31 heavy (non-hydrogen) atoms. The molecule has 3 rings (SSSR count). The molecule has 1 heterocycles. The fourth-order valence-corrected chi connectivity index (χ4v) is 4.73. The number of carbonyl (C=O) groups is 1. The second-order valence-corrected chi connectivity index (χ2v) is 8.57. The van der Waals surface area contributed by atoms with Gasteiger partial charge in [0.15, 0.2) is 5.13 Å². The number of aromatic nitrogens is 1. The first-order valence-corrected chi connectivity index (χ1v) is 11.5. The van der Waals surface area contributed by atoms with E-state index in [0.717, 1.165) is 17.8 Å². The van der Waals surface area contributed by atoms with Gasteiger partial charge < -0.3 is 14.4 Å². The molecule has 0 aliphatic rings. The quantitative estimate of drug-likeness (QED) is 0.397. The molecule has 9 heteroatoms. The number of anilines is 1. The van der Waals surface area contributed by atoms with Crippen molar-refractivity contribution >= 4 is 55.8 Å². The predicted molar refractivity (Wildman–Crippen MR) is 129 cm³/mol. The van der Waals surface area contributed by atoms with Gasteiger partial charge in [0.25, 0.3) is 5.91 Å². The number of ether oxygens (including phenoxy) is 2. The van der Waals surface area contributed by atoms with Crippen LogP contribution in [0.25, 0.3) is 10.2 Å². The van der Waals surface area contributed by atoms with Gasteiger partial charge in [-0.25, -0.2) is 4.98 Å². The van der Waals surface area contributed by atoms with Gasteiger partial charge in [0, 0.05) is 18.1 Å². The minimum Gasteiger partial charge on any atom is -0.496 e. The van der Waals surface area contributed by atoms with Crippen LogP contribution < -0.4 is 14.4 Å². The summed E-state index contributed by atoms with van der Waals surface area (Å²) < 4.78 is 11.6. The van der Waals surface area contributed by atoms with Crippen molar-refractivity contribution in [2.75, 3.05) is 45.3 Å². The largest absolute Gasteiger partial charge is 0.496 e. The van der Waals surface area contributed by atoms with Crippen molar-refractivity contribution in [3.05, 3.63) is 45.9 Å². The number of halogens is 2. The van der Waals surface area contributed by atoms with Gasteiger partial charge in [0.05, 0.1) is 29.5 Å². The summed E-state index contributed by atoms with van der Waals surface area (Å²) in [7, 11) is 3.12. The standard InChI is InChI=1S/C22H25Cl2N3O3S/c1-5-26(6-2)11-12-27(21(28)15-13-14(23)7-9-17(15)29-3)22-25-19-18(30-4)10-8-16(24)20(19)31-22/h7-10,13H,5-6,11-12H2,1-4H3. The zero-order chi connectivity index (χ0) is 22.5. The van der Waals surface area contributed by atoms with Crippen LogP contribution in [0.4, 0.5) is 5.13 Å². The maximum atomic E-state index is 13.7. The van der Waals surface area contributed by atoms with Crippen LogP contribution in [0.1, 0.15) is 24.2 Å². The van der Waals surface area contributed by atoms with Crippen LogP contribution in [-0.2, 0) is 0 Å². The van der Waals surface area contributed by atoms with E-state index in [1.165, 1.54) is 18.4 Å². The van der Waals surface area contributed by atoms with Crippen molar-refractivity contribution in [1.82, 2.24) is 9.88 Å². The summed E-state index contributed by atoms with van der Waals surface area (Å²) in [4.78, 5) is 22.3. The van der Waals surface area contributed by atoms with E-state index < -0.39 is 0 Å². The van der Waals surface area contributed by atoms with E-state index in [0.29, 0.717) is 50.8 Å². The molecule has 0 aliphatic carbocycles. The minimum absolute atomic E-state index is 0.236. The van der Waals surface area contributed by atoms with Crippen LogP contribution in [0, 0.1) is 0 Å². The maximum absolute atomic E-state index is 13.7. The Morgan fingerprint density at radius 1 is 1.03 bits per heavy atom. The van der Waals surface area contributed by atoms with Gasteiger partial charge in [-0.05, 0) is 43.4 Å². The van der Waals surface area contributed by atoms with Crippen LogP contribution in [0.3, 0.4) is 0 Å². The maximum Gasteiger partial charge on any atom is 0.263 e. The van der Waals surface area contributed by atoms with E-state index in [1.807, 2.05) is 0 Å². The summed E-state index contributed by atoms with van der Waals surface area (Å²) >= 11 is 14.0. The van der Waals surface area contributed by atoms with Gasteiger partial charge in [-0.2, -0.15) is 0 Å². The number of rotatable bonds is 9. The van der Waals surface area contributed by atoms with Gasteiger partial charge in [-0.15, -0.1) is 0 Å². The normalized spacial score (nSPS) is 11.2. The highest BCUT2D eigenvalue weighted by molar-refractivity contribution is 7.23. The smallest absolute Gasteiger partial charge is 0.263 e. The molecule has 166 valence electrons. The molecule has 0 saturated carbocycles. The molecule has 0 unspecified atom stereocenters. The highest BCUT2D eigenvalue weighted by atomic mass is 35.5. The summed E-state index contributed by atoms with van der Waals surface area (Å²) in [5.41, 5.74) is 1.01. The summed E-state index contributed by atoms with van der Waals surface area (Å²) in [6, 6.07) is 8.55. The lowest BCUT2D eigenvalue weighted by molar-refractivity contribution is 0.0981. The van der Waals surface area contributed by atoms with Gasteiger partial charge in [0.2, 0.25) is 0 Å². The van der Waals surface area contributed by atoms with Crippen LogP contribution in [0.2, 0.25) is 10.0 Å². The Morgan fingerprint density at radius 3 is 2.35 bits per heavy atom. The first-order valence-electron chi connectivity index (χ1n) is 9.94. The van der Waals surface area contributed by atoms with Crippen LogP contribution in [-0.4, -0.2) is 56.2 Å². The molecule has 2 aromatic carbocycles. The SMILES string of the molecule is CCN(CC)CCN(C(=O)c1cc(Cl)ccc1OC)c1nc2c(OC)ccc(Cl)c2s1. The summed E-state index contributed by atoms with van der Waals surface area (Å²) in [6.07, 6.45) is 0. The monoisotopic (exact) mass is 481 g/mol. The number of methoxy groups -OCH3 is 2. The first kappa shape index (κ1) is 23.6. The average Bonchev–Trinajstić information content (AvgIpc) is 3.22. The van der Waals surface area contributed by atoms with Crippen molar-refractivity contribution in [3.8, 4) is 11.5 Å². The van der Waals surface area contributed by atoms with Gasteiger partial charge in [0.1, 0.15) is 17.0 Å². The number of amides is 1. The van der Waals surface area contributed by atoms with Gasteiger partial charge >= 0.3 is 0 Å². The number of fused-ring (bicyclic) bond motifs is 1. The van der Waals surface area contributed by atoms with Crippen molar-refractivity contribution in [2.45, 2.75) is 13.8 Å². The molecule has 6 nitrogen and oxygen atoms in total. The van der Waals surface area contributed by atoms with Gasteiger partial charge in [-0.3, -0.25) is 9.69 Å². The second kappa shape index (κ2) is 10.5. The molecule has 1 aromatic heterocycles. The molecule has 3 aromatic rings. The number of likely N-dealkylation sites (N-methyl/N-ethyl adjacent to an activating group) is 1. The van der Waals surface area contributed by atoms with Gasteiger partial charge in [-0.1, -0.05) is 48.4 Å². The Labute approximate surface area is 196 Å². The topological polar surface area (TPSA) is 54.9 Å². The number of thiazole rings is 1. The third-order valence-electron chi connectivity index (χ3n) is 5.07. The highest BCUT2D eigenvalue weighted by Crippen LogP contribution is 2.39. The van der Waals surface area contributed by atoms with E-state index in [9.17, 15) is 4.79 Å². The van der Waals surface area contributed by atoms with Crippen LogP contribution in [0.5, 0.6) is 11.5 Å². The molecule has 0 atom stereocenters. The molecule has 0 bridgehead atoms. The Morgan fingerprint density at radius 2 is 1.71 bits per heavy atom. The van der Waals surface area contributed by atoms with E-state index in [2.05, 4.69) is 18.7 Å². The number of nitrogens with zero attached hydrogens (tertiary/aromatic N) is 3. The van der Waals surface area contributed by atoms with Crippen molar-refractivity contribution in [3.63, 3.8) is 0 Å². The lowest BCUT2D eigenvalue weighted by Crippen LogP contribution is -2.39. The molecule has 0 saturated heterocycles. The number of carbonyl (C=O) groups excluding carboxylic acids is 1. The molecule has 0 radical (unpaired) electrons. The number of hydrogen-bond donors (Lipinski definition) is 0. The Bertz CT molecular complexity index is 1070. The second-order valence-electron chi connectivity index (χ2n) is 6.75. The minimum atomic E-state index is -0.236. The molecule has 0 N–H and O–H groups in total.